The minimum absolute atomic E-state index is 0.603. The highest BCUT2D eigenvalue weighted by molar-refractivity contribution is 7.85. The molecule has 0 bridgehead atoms. The smallest absolute Gasteiger partial charge is 0.0819 e. The number of thiol groups is 1. The van der Waals surface area contributed by atoms with Gasteiger partial charge in [0.15, 0.2) is 0 Å². The van der Waals surface area contributed by atoms with Crippen molar-refractivity contribution in [2.24, 2.45) is 4.99 Å². The van der Waals surface area contributed by atoms with E-state index < -0.39 is 0 Å². The molecule has 0 spiro atoms. The zero-order chi connectivity index (χ0) is 8.97. The van der Waals surface area contributed by atoms with Crippen LogP contribution in [0.2, 0.25) is 0 Å². The van der Waals surface area contributed by atoms with E-state index in [1.807, 2.05) is 0 Å². The Labute approximate surface area is 76.0 Å². The van der Waals surface area contributed by atoms with E-state index in [1.165, 1.54) is 0 Å². The highest BCUT2D eigenvalue weighted by Crippen LogP contribution is 2.11. The normalized spacial score (nSPS) is 12.7. The van der Waals surface area contributed by atoms with Gasteiger partial charge in [0.05, 0.1) is 17.6 Å². The number of aromatic amines is 1. The summed E-state index contributed by atoms with van der Waals surface area (Å²) in [5.74, 6) is 0. The second-order valence-electron chi connectivity index (χ2n) is 2.20. The number of aliphatic imine (C=N–C) groups is 1. The molecule has 0 aliphatic carbocycles. The lowest BCUT2D eigenvalue weighted by Gasteiger charge is -1.90. The van der Waals surface area contributed by atoms with Gasteiger partial charge in [-0.1, -0.05) is 0 Å². The Morgan fingerprint density at radius 3 is 3.08 bits per heavy atom. The third-order valence-electron chi connectivity index (χ3n) is 1.25. The quantitative estimate of drug-likeness (QED) is 0.471. The van der Waals surface area contributed by atoms with Crippen LogP contribution < -0.4 is 5.73 Å². The summed E-state index contributed by atoms with van der Waals surface area (Å²) in [7, 11) is 1.68. The Morgan fingerprint density at radius 2 is 2.58 bits per heavy atom. The number of nitrogens with two attached hydrogens (primary N) is 1. The van der Waals surface area contributed by atoms with Gasteiger partial charge in [-0.2, -0.15) is 5.10 Å². The number of hydrogen-bond acceptors (Lipinski definition) is 4. The van der Waals surface area contributed by atoms with Crippen LogP contribution in [0.4, 0.5) is 5.69 Å². The maximum absolute atomic E-state index is 5.57. The first-order valence-corrected chi connectivity index (χ1v) is 3.80. The summed E-state index contributed by atoms with van der Waals surface area (Å²) in [5, 5.41) is 6.49. The molecule has 0 fully saturated rings. The average Bonchev–Trinajstić information content (AvgIpc) is 2.37. The first-order chi connectivity index (χ1) is 5.74. The van der Waals surface area contributed by atoms with Crippen molar-refractivity contribution in [3.63, 3.8) is 0 Å². The van der Waals surface area contributed by atoms with Gasteiger partial charge in [-0.15, -0.1) is 12.6 Å². The lowest BCUT2D eigenvalue weighted by molar-refractivity contribution is 1.08. The Kier molecular flexibility index (Phi) is 2.93. The molecule has 64 valence electrons. The fraction of sp³-hybridized carbons (Fsp3) is 0.143. The number of allylic oxidation sites excluding steroid dienone is 1. The number of hydrogen-bond donors (Lipinski definition) is 3. The number of nitrogens with zero attached hydrogens (tertiary/aromatic N) is 2. The molecule has 5 heteroatoms. The zero-order valence-corrected chi connectivity index (χ0v) is 7.55. The third kappa shape index (κ3) is 2.13. The van der Waals surface area contributed by atoms with Crippen molar-refractivity contribution in [2.75, 3.05) is 12.8 Å². The lowest BCUT2D eigenvalue weighted by Crippen LogP contribution is -1.85. The van der Waals surface area contributed by atoms with Crippen LogP contribution in [-0.4, -0.2) is 23.5 Å². The van der Waals surface area contributed by atoms with Crippen LogP contribution in [0.15, 0.2) is 16.1 Å². The zero-order valence-electron chi connectivity index (χ0n) is 6.65. The van der Waals surface area contributed by atoms with Gasteiger partial charge in [0, 0.05) is 18.2 Å². The largest absolute Gasteiger partial charge is 0.396 e. The predicted octanol–water partition coefficient (Wildman–Crippen LogP) is 0.963. The van der Waals surface area contributed by atoms with Crippen LogP contribution in [0, 0.1) is 0 Å². The average molecular weight is 182 g/mol. The molecule has 4 nitrogen and oxygen atoms in total. The summed E-state index contributed by atoms with van der Waals surface area (Å²) in [6.45, 7) is 0. The van der Waals surface area contributed by atoms with E-state index in [2.05, 4.69) is 27.8 Å². The highest BCUT2D eigenvalue weighted by atomic mass is 32.1. The van der Waals surface area contributed by atoms with Gasteiger partial charge in [-0.25, -0.2) is 0 Å². The minimum Gasteiger partial charge on any atom is -0.396 e. The number of aromatic nitrogens is 2. The molecule has 1 aromatic heterocycles. The highest BCUT2D eigenvalue weighted by Gasteiger charge is 1.96. The number of rotatable bonds is 2. The van der Waals surface area contributed by atoms with Gasteiger partial charge >= 0.3 is 0 Å². The van der Waals surface area contributed by atoms with Crippen LogP contribution in [0.5, 0.6) is 0 Å². The SMILES string of the molecule is CN=C/C(S)=C\c1[nH]ncc1N. The van der Waals surface area contributed by atoms with Gasteiger partial charge in [-0.05, 0) is 6.08 Å². The summed E-state index contributed by atoms with van der Waals surface area (Å²) >= 11 is 4.15. The van der Waals surface area contributed by atoms with E-state index in [0.717, 1.165) is 10.6 Å². The van der Waals surface area contributed by atoms with Gasteiger partial charge in [0.1, 0.15) is 0 Å². The lowest BCUT2D eigenvalue weighted by atomic mass is 10.3. The maximum Gasteiger partial charge on any atom is 0.0819 e. The molecule has 1 aromatic rings. The van der Waals surface area contributed by atoms with E-state index in [9.17, 15) is 0 Å². The van der Waals surface area contributed by atoms with Crippen LogP contribution in [-0.2, 0) is 0 Å². The monoisotopic (exact) mass is 182 g/mol. The summed E-state index contributed by atoms with van der Waals surface area (Å²) in [5.41, 5.74) is 6.92. The molecule has 0 saturated carbocycles. The standard InChI is InChI=1S/C7H10N4S/c1-9-3-5(12)2-7-6(8)4-10-11-7/h2-4,12H,8H2,1H3,(H,10,11)/b5-2+,9-3?. The Morgan fingerprint density at radius 1 is 1.83 bits per heavy atom. The number of anilines is 1. The molecule has 1 rings (SSSR count). The van der Waals surface area contributed by atoms with Crippen molar-refractivity contribution in [3.8, 4) is 0 Å². The van der Waals surface area contributed by atoms with Crippen molar-refractivity contribution < 1.29 is 0 Å². The summed E-state index contributed by atoms with van der Waals surface area (Å²) in [4.78, 5) is 4.53. The van der Waals surface area contributed by atoms with Gasteiger partial charge in [0.2, 0.25) is 0 Å². The van der Waals surface area contributed by atoms with Gasteiger partial charge < -0.3 is 5.73 Å². The van der Waals surface area contributed by atoms with E-state index in [4.69, 9.17) is 5.73 Å². The second-order valence-corrected chi connectivity index (χ2v) is 2.71. The Balaban J connectivity index is 2.87. The molecule has 0 aromatic carbocycles. The molecule has 12 heavy (non-hydrogen) atoms. The van der Waals surface area contributed by atoms with Crippen molar-refractivity contribution in [1.29, 1.82) is 0 Å². The molecule has 0 radical (unpaired) electrons. The minimum atomic E-state index is 0.603. The molecule has 0 amide bonds. The summed E-state index contributed by atoms with van der Waals surface area (Å²) in [6.07, 6.45) is 4.94. The van der Waals surface area contributed by atoms with Crippen LogP contribution >= 0.6 is 12.6 Å². The van der Waals surface area contributed by atoms with E-state index in [1.54, 1.807) is 25.5 Å². The van der Waals surface area contributed by atoms with Crippen molar-refractivity contribution >= 4 is 30.6 Å². The van der Waals surface area contributed by atoms with Crippen molar-refractivity contribution in [1.82, 2.24) is 10.2 Å². The van der Waals surface area contributed by atoms with Gasteiger partial charge in [-0.3, -0.25) is 10.1 Å². The molecule has 3 N–H and O–H groups in total. The number of H-pyrrole nitrogens is 1. The second kappa shape index (κ2) is 3.96. The van der Waals surface area contributed by atoms with Crippen LogP contribution in [0.3, 0.4) is 0 Å². The molecule has 0 unspecified atom stereocenters. The Bertz CT molecular complexity index is 313. The van der Waals surface area contributed by atoms with E-state index in [-0.39, 0.29) is 0 Å². The van der Waals surface area contributed by atoms with Crippen LogP contribution in [0.1, 0.15) is 5.69 Å². The number of nitrogen functional groups attached to an aromatic ring is 1. The van der Waals surface area contributed by atoms with E-state index in [0.29, 0.717) is 5.69 Å². The van der Waals surface area contributed by atoms with Crippen molar-refractivity contribution in [2.45, 2.75) is 0 Å². The van der Waals surface area contributed by atoms with Crippen LogP contribution in [0.25, 0.3) is 6.08 Å². The maximum atomic E-state index is 5.57. The molecule has 0 saturated heterocycles. The van der Waals surface area contributed by atoms with Crippen molar-refractivity contribution in [3.05, 3.63) is 16.8 Å². The number of nitrogens with one attached hydrogen (secondary N) is 1. The molecular formula is C7H10N4S. The molecular weight excluding hydrogens is 172 g/mol. The first kappa shape index (κ1) is 8.86. The fourth-order valence-electron chi connectivity index (χ4n) is 0.738. The van der Waals surface area contributed by atoms with Gasteiger partial charge in [0.25, 0.3) is 0 Å². The summed E-state index contributed by atoms with van der Waals surface area (Å²) < 4.78 is 0. The molecule has 0 aliphatic heterocycles. The molecule has 0 atom stereocenters. The predicted molar refractivity (Wildman–Crippen MR) is 54.4 cm³/mol. The first-order valence-electron chi connectivity index (χ1n) is 3.35. The topological polar surface area (TPSA) is 67.1 Å². The molecule has 0 aliphatic rings. The fourth-order valence-corrected chi connectivity index (χ4v) is 0.983. The summed E-state index contributed by atoms with van der Waals surface area (Å²) in [6, 6.07) is 0. The molecule has 1 heterocycles. The third-order valence-corrected chi connectivity index (χ3v) is 1.50. The Hall–Kier alpha value is -1.23. The van der Waals surface area contributed by atoms with E-state index >= 15 is 0 Å².